The van der Waals surface area contributed by atoms with E-state index in [9.17, 15) is 9.59 Å². The van der Waals surface area contributed by atoms with Gasteiger partial charge in [0, 0.05) is 22.5 Å². The first kappa shape index (κ1) is 26.6. The Hall–Kier alpha value is -3.60. The molecule has 0 atom stereocenters. The zero-order valence-corrected chi connectivity index (χ0v) is 24.2. The molecule has 40 heavy (non-hydrogen) atoms. The van der Waals surface area contributed by atoms with E-state index in [4.69, 9.17) is 9.47 Å². The number of nitrogens with one attached hydrogen (secondary N) is 2. The van der Waals surface area contributed by atoms with Gasteiger partial charge < -0.3 is 14.8 Å². The number of fused-ring (bicyclic) bond motifs is 5. The molecule has 0 saturated carbocycles. The predicted molar refractivity (Wildman–Crippen MR) is 160 cm³/mol. The number of amides is 1. The lowest BCUT2D eigenvalue weighted by Gasteiger charge is -2.29. The van der Waals surface area contributed by atoms with Gasteiger partial charge in [0.1, 0.15) is 16.2 Å². The van der Waals surface area contributed by atoms with Crippen molar-refractivity contribution < 1.29 is 14.3 Å². The summed E-state index contributed by atoms with van der Waals surface area (Å²) in [6, 6.07) is 17.4. The number of benzene rings is 2. The van der Waals surface area contributed by atoms with E-state index in [0.29, 0.717) is 41.5 Å². The molecule has 2 N–H and O–H groups in total. The van der Waals surface area contributed by atoms with Gasteiger partial charge in [-0.05, 0) is 62.1 Å². The number of ether oxygens (including phenoxy) is 2. The van der Waals surface area contributed by atoms with Gasteiger partial charge in [-0.2, -0.15) is 0 Å². The second-order valence-electron chi connectivity index (χ2n) is 10.5. The number of methoxy groups -OCH3 is 1. The van der Waals surface area contributed by atoms with Crippen LogP contribution in [0, 0.1) is 0 Å². The third-order valence-corrected chi connectivity index (χ3v) is 9.27. The number of rotatable bonds is 8. The molecule has 1 aliphatic rings. The van der Waals surface area contributed by atoms with Crippen molar-refractivity contribution in [2.24, 2.45) is 0 Å². The highest BCUT2D eigenvalue weighted by Crippen LogP contribution is 2.39. The molecule has 0 bridgehead atoms. The molecule has 2 aromatic carbocycles. The van der Waals surface area contributed by atoms with Crippen LogP contribution >= 0.6 is 23.1 Å². The van der Waals surface area contributed by atoms with Gasteiger partial charge >= 0.3 is 0 Å². The van der Waals surface area contributed by atoms with Gasteiger partial charge in [-0.3, -0.25) is 19.1 Å². The summed E-state index contributed by atoms with van der Waals surface area (Å²) in [5.74, 6) is 0.748. The summed E-state index contributed by atoms with van der Waals surface area (Å²) in [7, 11) is 1.61. The molecule has 0 unspecified atom stereocenters. The second kappa shape index (κ2) is 10.8. The minimum Gasteiger partial charge on any atom is -0.497 e. The molecule has 5 aromatic rings. The van der Waals surface area contributed by atoms with E-state index in [-0.39, 0.29) is 22.7 Å². The molecule has 0 aliphatic carbocycles. The van der Waals surface area contributed by atoms with E-state index < -0.39 is 0 Å². The van der Waals surface area contributed by atoms with Crippen LogP contribution in [0.15, 0.2) is 64.5 Å². The van der Waals surface area contributed by atoms with Crippen molar-refractivity contribution in [3.8, 4) is 5.75 Å². The molecule has 6 rings (SSSR count). The number of pyridine rings is 1. The number of thioether (sulfide) groups is 1. The van der Waals surface area contributed by atoms with Crippen LogP contribution in [0.25, 0.3) is 15.9 Å². The lowest BCUT2D eigenvalue weighted by molar-refractivity contribution is -0.113. The van der Waals surface area contributed by atoms with Crippen molar-refractivity contribution in [3.05, 3.63) is 86.4 Å². The number of anilines is 1. The van der Waals surface area contributed by atoms with Crippen molar-refractivity contribution in [2.75, 3.05) is 18.2 Å². The predicted octanol–water partition coefficient (Wildman–Crippen LogP) is 5.61. The number of hydrogen-bond acceptors (Lipinski definition) is 7. The number of aromatic amines is 1. The highest BCUT2D eigenvalue weighted by molar-refractivity contribution is 7.99. The quantitative estimate of drug-likeness (QED) is 0.234. The molecular weight excluding hydrogens is 544 g/mol. The Balaban J connectivity index is 1.37. The molecule has 4 heterocycles. The zero-order valence-electron chi connectivity index (χ0n) is 22.6. The molecule has 0 fully saturated rings. The van der Waals surface area contributed by atoms with Gasteiger partial charge in [0.25, 0.3) is 0 Å². The van der Waals surface area contributed by atoms with E-state index >= 15 is 0 Å². The van der Waals surface area contributed by atoms with Crippen molar-refractivity contribution in [2.45, 2.75) is 50.5 Å². The Morgan fingerprint density at radius 2 is 1.95 bits per heavy atom. The second-order valence-corrected chi connectivity index (χ2v) is 12.5. The highest BCUT2D eigenvalue weighted by atomic mass is 32.2. The van der Waals surface area contributed by atoms with Crippen molar-refractivity contribution >= 4 is 50.6 Å². The zero-order chi connectivity index (χ0) is 27.9. The fourth-order valence-corrected chi connectivity index (χ4v) is 7.17. The average Bonchev–Trinajstić information content (AvgIpc) is 3.53. The number of aromatic nitrogens is 3. The SMILES string of the molecule is COc1ccc(NC(=O)CSc2n[nH]c3c(CCc4ccccc4)c(=O)c4c5c(sc4n23)COC(C)(C)C5)cc1. The number of carbonyl (C=O) groups excluding carboxylic acids is 1. The first-order chi connectivity index (χ1) is 19.3. The minimum atomic E-state index is -0.342. The number of carbonyl (C=O) groups is 1. The van der Waals surface area contributed by atoms with Gasteiger partial charge in [0.2, 0.25) is 5.91 Å². The summed E-state index contributed by atoms with van der Waals surface area (Å²) >= 11 is 2.92. The molecule has 3 aromatic heterocycles. The van der Waals surface area contributed by atoms with Crippen LogP contribution in [0.3, 0.4) is 0 Å². The Labute approximate surface area is 239 Å². The third kappa shape index (κ3) is 5.14. The lowest BCUT2D eigenvalue weighted by Crippen LogP contribution is -2.31. The summed E-state index contributed by atoms with van der Waals surface area (Å²) in [6.45, 7) is 4.60. The van der Waals surface area contributed by atoms with E-state index in [0.717, 1.165) is 32.8 Å². The molecule has 8 nitrogen and oxygen atoms in total. The Morgan fingerprint density at radius 1 is 1.18 bits per heavy atom. The van der Waals surface area contributed by atoms with Gasteiger partial charge in [-0.15, -0.1) is 16.4 Å². The van der Waals surface area contributed by atoms with E-state index in [1.54, 1.807) is 42.7 Å². The third-order valence-electron chi connectivity index (χ3n) is 7.14. The van der Waals surface area contributed by atoms with Crippen LogP contribution in [0.4, 0.5) is 5.69 Å². The molecule has 0 saturated heterocycles. The van der Waals surface area contributed by atoms with E-state index in [2.05, 4.69) is 41.5 Å². The summed E-state index contributed by atoms with van der Waals surface area (Å²) < 4.78 is 13.3. The number of hydrogen-bond donors (Lipinski definition) is 2. The van der Waals surface area contributed by atoms with Crippen LogP contribution in [-0.2, 0) is 35.4 Å². The highest BCUT2D eigenvalue weighted by Gasteiger charge is 2.32. The Bertz CT molecular complexity index is 1750. The maximum atomic E-state index is 14.1. The fourth-order valence-electron chi connectivity index (χ4n) is 5.12. The normalized spacial score (nSPS) is 14.4. The van der Waals surface area contributed by atoms with Crippen molar-refractivity contribution in [3.63, 3.8) is 0 Å². The van der Waals surface area contributed by atoms with Gasteiger partial charge in [-0.1, -0.05) is 42.1 Å². The number of aryl methyl sites for hydroxylation is 2. The van der Waals surface area contributed by atoms with Crippen LogP contribution in [-0.4, -0.2) is 39.0 Å². The molecular formula is C30H30N4O4S2. The fraction of sp³-hybridized carbons (Fsp3) is 0.300. The maximum Gasteiger partial charge on any atom is 0.234 e. The Morgan fingerprint density at radius 3 is 2.70 bits per heavy atom. The van der Waals surface area contributed by atoms with Gasteiger partial charge in [0.05, 0.1) is 30.5 Å². The topological polar surface area (TPSA) is 97.7 Å². The smallest absolute Gasteiger partial charge is 0.234 e. The van der Waals surface area contributed by atoms with Crippen LogP contribution in [0.1, 0.15) is 35.4 Å². The number of H-pyrrole nitrogens is 1. The Kier molecular flexibility index (Phi) is 7.16. The monoisotopic (exact) mass is 574 g/mol. The minimum absolute atomic E-state index is 0.0542. The number of thiophene rings is 1. The summed E-state index contributed by atoms with van der Waals surface area (Å²) in [5.41, 5.74) is 4.05. The molecule has 206 valence electrons. The van der Waals surface area contributed by atoms with Crippen LogP contribution in [0.2, 0.25) is 0 Å². The van der Waals surface area contributed by atoms with Crippen LogP contribution in [0.5, 0.6) is 5.75 Å². The average molecular weight is 575 g/mol. The maximum absolute atomic E-state index is 14.1. The molecule has 10 heteroatoms. The van der Waals surface area contributed by atoms with E-state index in [1.807, 2.05) is 22.6 Å². The van der Waals surface area contributed by atoms with Gasteiger partial charge in [-0.25, -0.2) is 0 Å². The summed E-state index contributed by atoms with van der Waals surface area (Å²) in [5, 5.41) is 12.0. The molecule has 0 spiro atoms. The summed E-state index contributed by atoms with van der Waals surface area (Å²) in [4.78, 5) is 28.8. The van der Waals surface area contributed by atoms with Gasteiger partial charge in [0.15, 0.2) is 10.6 Å². The van der Waals surface area contributed by atoms with Crippen molar-refractivity contribution in [1.82, 2.24) is 14.6 Å². The standard InChI is InChI=1S/C30H30N4O4S2/c1-30(2)15-22-23(16-38-30)40-28-25(22)26(36)21(14-9-18-7-5-4-6-8-18)27-32-33-29(34(27)28)39-17-24(35)31-19-10-12-20(37-3)13-11-19/h4-8,10-13,32H,9,14-17H2,1-3H3,(H,31,35). The number of nitrogens with zero attached hydrogens (tertiary/aromatic N) is 2. The largest absolute Gasteiger partial charge is 0.497 e. The van der Waals surface area contributed by atoms with E-state index in [1.165, 1.54) is 17.3 Å². The molecule has 1 aliphatic heterocycles. The summed E-state index contributed by atoms with van der Waals surface area (Å²) in [6.07, 6.45) is 1.99. The first-order valence-corrected chi connectivity index (χ1v) is 14.9. The molecule has 0 radical (unpaired) electrons. The molecule has 1 amide bonds. The van der Waals surface area contributed by atoms with Crippen molar-refractivity contribution in [1.29, 1.82) is 0 Å². The van der Waals surface area contributed by atoms with Crippen LogP contribution < -0.4 is 15.5 Å². The lowest BCUT2D eigenvalue weighted by atomic mass is 9.93. The first-order valence-electron chi connectivity index (χ1n) is 13.1.